The van der Waals surface area contributed by atoms with Crippen molar-refractivity contribution >= 4 is 40.8 Å². The largest absolute Gasteiger partial charge is 0.489 e. The lowest BCUT2D eigenvalue weighted by molar-refractivity contribution is -0.288. The molecule has 0 spiro atoms. The number of hydrogen-bond acceptors (Lipinski definition) is 15. The fourth-order valence-corrected chi connectivity index (χ4v) is 4.71. The molecule has 46 heavy (non-hydrogen) atoms. The number of rotatable bonds is 14. The second-order valence-corrected chi connectivity index (χ2v) is 10.4. The van der Waals surface area contributed by atoms with Gasteiger partial charge in [-0.1, -0.05) is 26.2 Å². The molecule has 2 heterocycles. The number of benzene rings is 1. The van der Waals surface area contributed by atoms with Gasteiger partial charge in [0.1, 0.15) is 24.0 Å². The molecular formula is C31H38O15. The van der Waals surface area contributed by atoms with Crippen molar-refractivity contribution in [3.63, 3.8) is 0 Å². The molecule has 1 aromatic carbocycles. The Morgan fingerprint density at radius 3 is 2.02 bits per heavy atom. The van der Waals surface area contributed by atoms with Gasteiger partial charge in [0.15, 0.2) is 18.0 Å². The van der Waals surface area contributed by atoms with Gasteiger partial charge in [-0.3, -0.25) is 24.0 Å². The van der Waals surface area contributed by atoms with E-state index in [0.717, 1.165) is 53.9 Å². The summed E-state index contributed by atoms with van der Waals surface area (Å²) >= 11 is 0. The highest BCUT2D eigenvalue weighted by molar-refractivity contribution is 5.87. The Kier molecular flexibility index (Phi) is 12.9. The number of esters is 5. The summed E-state index contributed by atoms with van der Waals surface area (Å²) in [5, 5.41) is 0.292. The summed E-state index contributed by atoms with van der Waals surface area (Å²) in [5.41, 5.74) is -0.983. The highest BCUT2D eigenvalue weighted by atomic mass is 16.7. The third-order valence-corrected chi connectivity index (χ3v) is 6.48. The van der Waals surface area contributed by atoms with Gasteiger partial charge < -0.3 is 42.3 Å². The maximum atomic E-state index is 12.9. The van der Waals surface area contributed by atoms with Crippen molar-refractivity contribution in [2.75, 3.05) is 13.2 Å². The molecule has 5 atom stereocenters. The first-order valence-corrected chi connectivity index (χ1v) is 14.7. The molecule has 1 fully saturated rings. The van der Waals surface area contributed by atoms with Crippen molar-refractivity contribution in [2.24, 2.45) is 0 Å². The van der Waals surface area contributed by atoms with Gasteiger partial charge in [-0.2, -0.15) is 0 Å². The molecule has 15 heteroatoms. The molecule has 15 nitrogen and oxygen atoms in total. The van der Waals surface area contributed by atoms with Crippen molar-refractivity contribution in [3.05, 3.63) is 28.6 Å². The van der Waals surface area contributed by atoms with Crippen molar-refractivity contribution in [2.45, 2.75) is 97.9 Å². The molecule has 3 rings (SSSR count). The van der Waals surface area contributed by atoms with Crippen LogP contribution in [0.4, 0.5) is 0 Å². The Morgan fingerprint density at radius 1 is 0.761 bits per heavy atom. The second-order valence-electron chi connectivity index (χ2n) is 10.4. The lowest BCUT2D eigenvalue weighted by atomic mass is 9.98. The summed E-state index contributed by atoms with van der Waals surface area (Å²) in [7, 11) is 0. The average Bonchev–Trinajstić information content (AvgIpc) is 2.95. The minimum Gasteiger partial charge on any atom is -0.489 e. The zero-order chi connectivity index (χ0) is 34.0. The van der Waals surface area contributed by atoms with Crippen LogP contribution in [0, 0.1) is 0 Å². The summed E-state index contributed by atoms with van der Waals surface area (Å²) in [6.07, 6.45) is -3.43. The Balaban J connectivity index is 2.04. The van der Waals surface area contributed by atoms with Crippen LogP contribution in [0.5, 0.6) is 17.2 Å². The van der Waals surface area contributed by atoms with Crippen molar-refractivity contribution in [1.29, 1.82) is 0 Å². The van der Waals surface area contributed by atoms with E-state index in [1.165, 1.54) is 18.2 Å². The Labute approximate surface area is 264 Å². The highest BCUT2D eigenvalue weighted by Gasteiger charge is 2.53. The van der Waals surface area contributed by atoms with Gasteiger partial charge >= 0.3 is 35.5 Å². The van der Waals surface area contributed by atoms with Crippen LogP contribution in [0.2, 0.25) is 0 Å². The van der Waals surface area contributed by atoms with E-state index < -0.39 is 78.5 Å². The number of fused-ring (bicyclic) bond motifs is 1. The normalized spacial score (nSPS) is 20.7. The smallest absolute Gasteiger partial charge is 0.383 e. The minimum atomic E-state index is -1.51. The number of carbonyl (C=O) groups is 5. The molecule has 1 aliphatic rings. The van der Waals surface area contributed by atoms with Gasteiger partial charge in [0.25, 0.3) is 5.75 Å². The molecule has 1 aromatic heterocycles. The van der Waals surface area contributed by atoms with Crippen molar-refractivity contribution < 1.29 is 66.3 Å². The molecule has 0 N–H and O–H groups in total. The van der Waals surface area contributed by atoms with Gasteiger partial charge in [0.2, 0.25) is 12.4 Å². The van der Waals surface area contributed by atoms with E-state index >= 15 is 0 Å². The van der Waals surface area contributed by atoms with Crippen LogP contribution in [0.1, 0.15) is 67.2 Å². The Morgan fingerprint density at radius 2 is 1.41 bits per heavy atom. The van der Waals surface area contributed by atoms with Crippen LogP contribution in [-0.4, -0.2) is 73.8 Å². The molecule has 2 aromatic rings. The van der Waals surface area contributed by atoms with E-state index in [2.05, 4.69) is 6.92 Å². The first-order valence-electron chi connectivity index (χ1n) is 14.7. The maximum absolute atomic E-state index is 12.9. The van der Waals surface area contributed by atoms with Gasteiger partial charge in [-0.25, -0.2) is 4.79 Å². The third kappa shape index (κ3) is 9.92. The molecule has 1 aliphatic heterocycles. The quantitative estimate of drug-likeness (QED) is 0.125. The first kappa shape index (κ1) is 35.8. The number of ether oxygens (including phenoxy) is 8. The van der Waals surface area contributed by atoms with E-state index in [1.54, 1.807) is 0 Å². The predicted octanol–water partition coefficient (Wildman–Crippen LogP) is 3.14. The lowest BCUT2D eigenvalue weighted by Crippen LogP contribution is -2.63. The molecule has 0 aliphatic carbocycles. The molecular weight excluding hydrogens is 612 g/mol. The lowest BCUT2D eigenvalue weighted by Gasteiger charge is -2.43. The van der Waals surface area contributed by atoms with E-state index in [1.807, 2.05) is 0 Å². The van der Waals surface area contributed by atoms with Gasteiger partial charge in [0, 0.05) is 40.7 Å². The number of carbonyl (C=O) groups excluding carboxylic acids is 5. The second kappa shape index (κ2) is 16.6. The summed E-state index contributed by atoms with van der Waals surface area (Å²) < 4.78 is 49.7. The fraction of sp³-hybridized carbons (Fsp3) is 0.548. The SMILES string of the molecule is CCCCCCOc1c(OC(C)=O)c(=O)oc2cc(O[C@@H]3O[C@H](COC(C)=O)[C@H](OC(C)=O)[C@H](OC(C)=O)[C@H]3OC(C)=O)ccc12. The zero-order valence-corrected chi connectivity index (χ0v) is 26.5. The molecule has 0 saturated carbocycles. The van der Waals surface area contributed by atoms with Crippen LogP contribution < -0.4 is 19.8 Å². The van der Waals surface area contributed by atoms with Crippen LogP contribution in [0.15, 0.2) is 27.4 Å². The van der Waals surface area contributed by atoms with Crippen LogP contribution in [-0.2, 0) is 47.7 Å². The summed E-state index contributed by atoms with van der Waals surface area (Å²) in [4.78, 5) is 72.3. The van der Waals surface area contributed by atoms with Gasteiger partial charge in [-0.05, 0) is 18.6 Å². The van der Waals surface area contributed by atoms with Crippen LogP contribution in [0.3, 0.4) is 0 Å². The predicted molar refractivity (Wildman–Crippen MR) is 156 cm³/mol. The summed E-state index contributed by atoms with van der Waals surface area (Å²) in [5.74, 6) is -4.15. The Bertz CT molecular complexity index is 1480. The minimum absolute atomic E-state index is 0.00686. The topological polar surface area (TPSA) is 189 Å². The standard InChI is InChI=1S/C31H38O15/c1-7-8-9-10-13-38-25-22-12-11-21(14-23(22)45-30(37)28(25)42-19(5)35)44-31-29(43-20(6)36)27(41-18(4)34)26(40-17(3)33)24(46-31)15-39-16(2)32/h11-12,14,24,26-27,29,31H,7-10,13,15H2,1-6H3/t24-,26+,27+,29-,31-/m1/s1. The average molecular weight is 651 g/mol. The molecule has 252 valence electrons. The molecule has 0 radical (unpaired) electrons. The molecule has 0 unspecified atom stereocenters. The Hall–Kier alpha value is -4.66. The molecule has 1 saturated heterocycles. The van der Waals surface area contributed by atoms with Gasteiger partial charge in [0.05, 0.1) is 12.0 Å². The zero-order valence-electron chi connectivity index (χ0n) is 26.5. The van der Waals surface area contributed by atoms with E-state index in [0.29, 0.717) is 11.8 Å². The van der Waals surface area contributed by atoms with Crippen LogP contribution in [0.25, 0.3) is 11.0 Å². The summed E-state index contributed by atoms with van der Waals surface area (Å²) in [6.45, 7) is 7.47. The number of hydrogen-bond donors (Lipinski definition) is 0. The molecule has 0 bridgehead atoms. The summed E-state index contributed by atoms with van der Waals surface area (Å²) in [6, 6.07) is 4.28. The number of unbranched alkanes of at least 4 members (excludes halogenated alkanes) is 3. The van der Waals surface area contributed by atoms with Crippen molar-refractivity contribution in [3.8, 4) is 17.2 Å². The van der Waals surface area contributed by atoms with E-state index in [4.69, 9.17) is 42.3 Å². The first-order chi connectivity index (χ1) is 21.8. The van der Waals surface area contributed by atoms with Crippen LogP contribution >= 0.6 is 0 Å². The molecule has 0 amide bonds. The van der Waals surface area contributed by atoms with Crippen molar-refractivity contribution in [1.82, 2.24) is 0 Å². The maximum Gasteiger partial charge on any atom is 0.383 e. The van der Waals surface area contributed by atoms with Gasteiger partial charge in [-0.15, -0.1) is 0 Å². The van der Waals surface area contributed by atoms with E-state index in [-0.39, 0.29) is 23.7 Å². The van der Waals surface area contributed by atoms with E-state index in [9.17, 15) is 28.8 Å². The third-order valence-electron chi connectivity index (χ3n) is 6.48. The fourth-order valence-electron chi connectivity index (χ4n) is 4.71. The highest BCUT2D eigenvalue weighted by Crippen LogP contribution is 2.36. The monoisotopic (exact) mass is 650 g/mol.